The first-order valence-electron chi connectivity index (χ1n) is 7.42. The number of rotatable bonds is 6. The maximum atomic E-state index is 11.5. The van der Waals surface area contributed by atoms with Gasteiger partial charge in [0.25, 0.3) is 0 Å². The largest absolute Gasteiger partial charge is 0.481 e. The van der Waals surface area contributed by atoms with Crippen LogP contribution in [0.2, 0.25) is 0 Å². The van der Waals surface area contributed by atoms with Gasteiger partial charge in [-0.05, 0) is 45.7 Å². The molecule has 0 aliphatic carbocycles. The molecule has 1 N–H and O–H groups in total. The molecule has 0 spiro atoms. The van der Waals surface area contributed by atoms with Crippen LogP contribution in [0.25, 0.3) is 0 Å². The van der Waals surface area contributed by atoms with Crippen molar-refractivity contribution in [2.75, 3.05) is 19.6 Å². The molecule has 20 heavy (non-hydrogen) atoms. The van der Waals surface area contributed by atoms with Gasteiger partial charge in [0.2, 0.25) is 0 Å². The van der Waals surface area contributed by atoms with E-state index in [0.29, 0.717) is 0 Å². The normalized spacial score (nSPS) is 19.1. The highest BCUT2D eigenvalue weighted by molar-refractivity contribution is 7.09. The smallest absolute Gasteiger partial charge is 0.309 e. The molecule has 1 aliphatic heterocycles. The number of thiazole rings is 1. The van der Waals surface area contributed by atoms with Gasteiger partial charge >= 0.3 is 5.97 Å². The van der Waals surface area contributed by atoms with E-state index in [0.717, 1.165) is 57.4 Å². The van der Waals surface area contributed by atoms with Gasteiger partial charge in [0.1, 0.15) is 0 Å². The zero-order chi connectivity index (χ0) is 14.6. The van der Waals surface area contributed by atoms with Gasteiger partial charge in [0, 0.05) is 11.4 Å². The van der Waals surface area contributed by atoms with Crippen LogP contribution in [-0.2, 0) is 11.2 Å². The van der Waals surface area contributed by atoms with Crippen molar-refractivity contribution in [3.63, 3.8) is 0 Å². The van der Waals surface area contributed by atoms with Gasteiger partial charge in [-0.15, -0.1) is 11.3 Å². The van der Waals surface area contributed by atoms with E-state index in [1.165, 1.54) is 4.88 Å². The fourth-order valence-electron chi connectivity index (χ4n) is 3.08. The van der Waals surface area contributed by atoms with Crippen molar-refractivity contribution in [3.8, 4) is 0 Å². The first kappa shape index (κ1) is 15.4. The Hall–Kier alpha value is -0.940. The lowest BCUT2D eigenvalue weighted by atomic mass is 9.75. The first-order valence-corrected chi connectivity index (χ1v) is 8.30. The van der Waals surface area contributed by atoms with Gasteiger partial charge in [-0.2, -0.15) is 0 Å². The molecule has 0 radical (unpaired) electrons. The summed E-state index contributed by atoms with van der Waals surface area (Å²) < 4.78 is 0. The summed E-state index contributed by atoms with van der Waals surface area (Å²) in [6.45, 7) is 6.96. The summed E-state index contributed by atoms with van der Waals surface area (Å²) in [6.07, 6.45) is 4.37. The van der Waals surface area contributed by atoms with Gasteiger partial charge in [-0.3, -0.25) is 4.79 Å². The molecule has 1 aromatic rings. The zero-order valence-electron chi connectivity index (χ0n) is 12.4. The molecule has 1 aliphatic rings. The molecule has 0 unspecified atom stereocenters. The van der Waals surface area contributed by atoms with Crippen molar-refractivity contribution < 1.29 is 9.90 Å². The highest BCUT2D eigenvalue weighted by atomic mass is 32.1. The molecule has 1 fully saturated rings. The predicted molar refractivity (Wildman–Crippen MR) is 81.2 cm³/mol. The van der Waals surface area contributed by atoms with Crippen LogP contribution in [0.1, 0.15) is 43.2 Å². The average Bonchev–Trinajstić information content (AvgIpc) is 2.84. The lowest BCUT2D eigenvalue weighted by Gasteiger charge is -2.38. The Bertz CT molecular complexity index is 450. The summed E-state index contributed by atoms with van der Waals surface area (Å²) in [7, 11) is 0. The summed E-state index contributed by atoms with van der Waals surface area (Å²) in [6, 6.07) is 0. The van der Waals surface area contributed by atoms with Crippen molar-refractivity contribution in [1.29, 1.82) is 0 Å². The third-order valence-corrected chi connectivity index (χ3v) is 5.49. The van der Waals surface area contributed by atoms with E-state index in [4.69, 9.17) is 0 Å². The van der Waals surface area contributed by atoms with Gasteiger partial charge in [0.15, 0.2) is 0 Å². The van der Waals surface area contributed by atoms with Crippen LogP contribution in [0, 0.1) is 12.3 Å². The van der Waals surface area contributed by atoms with E-state index in [2.05, 4.69) is 23.7 Å². The Labute approximate surface area is 124 Å². The lowest BCUT2D eigenvalue weighted by Crippen LogP contribution is -2.44. The SMILES string of the molecule is CCCC1(C(=O)O)CCN(CCc2scnc2C)CC1. The zero-order valence-corrected chi connectivity index (χ0v) is 13.2. The Balaban J connectivity index is 1.84. The number of likely N-dealkylation sites (tertiary alicyclic amines) is 1. The molecule has 5 heteroatoms. The Morgan fingerprint density at radius 2 is 2.20 bits per heavy atom. The highest BCUT2D eigenvalue weighted by Gasteiger charge is 2.40. The number of carboxylic acids is 1. The fraction of sp³-hybridized carbons (Fsp3) is 0.733. The number of carboxylic acid groups (broad SMARTS) is 1. The van der Waals surface area contributed by atoms with Crippen LogP contribution < -0.4 is 0 Å². The molecule has 0 amide bonds. The molecule has 0 bridgehead atoms. The van der Waals surface area contributed by atoms with E-state index < -0.39 is 11.4 Å². The average molecular weight is 296 g/mol. The molecular formula is C15H24N2O2S. The molecule has 1 saturated heterocycles. The van der Waals surface area contributed by atoms with Crippen LogP contribution in [0.4, 0.5) is 0 Å². The summed E-state index contributed by atoms with van der Waals surface area (Å²) in [5.74, 6) is -0.600. The van der Waals surface area contributed by atoms with Crippen molar-refractivity contribution in [2.45, 2.75) is 46.0 Å². The molecular weight excluding hydrogens is 272 g/mol. The van der Waals surface area contributed by atoms with Crippen LogP contribution in [0.3, 0.4) is 0 Å². The van der Waals surface area contributed by atoms with Gasteiger partial charge in [0.05, 0.1) is 16.6 Å². The van der Waals surface area contributed by atoms with E-state index >= 15 is 0 Å². The number of nitrogens with zero attached hydrogens (tertiary/aromatic N) is 2. The third kappa shape index (κ3) is 3.38. The molecule has 2 rings (SSSR count). The number of piperidine rings is 1. The predicted octanol–water partition coefficient (Wildman–Crippen LogP) is 2.96. The van der Waals surface area contributed by atoms with E-state index in [1.807, 2.05) is 5.51 Å². The second kappa shape index (κ2) is 6.68. The van der Waals surface area contributed by atoms with Crippen molar-refractivity contribution in [1.82, 2.24) is 9.88 Å². The van der Waals surface area contributed by atoms with E-state index in [-0.39, 0.29) is 0 Å². The number of aryl methyl sites for hydroxylation is 1. The topological polar surface area (TPSA) is 53.4 Å². The third-order valence-electron chi connectivity index (χ3n) is 4.50. The minimum absolute atomic E-state index is 0.467. The van der Waals surface area contributed by atoms with Gasteiger partial charge in [-0.25, -0.2) is 4.98 Å². The fourth-order valence-corrected chi connectivity index (χ4v) is 3.85. The Morgan fingerprint density at radius 1 is 1.50 bits per heavy atom. The molecule has 0 saturated carbocycles. The number of aliphatic carboxylic acids is 1. The van der Waals surface area contributed by atoms with Gasteiger partial charge < -0.3 is 10.0 Å². The second-order valence-corrected chi connectivity index (χ2v) is 6.73. The molecule has 2 heterocycles. The summed E-state index contributed by atoms with van der Waals surface area (Å²) in [5.41, 5.74) is 2.57. The minimum Gasteiger partial charge on any atom is -0.481 e. The number of aromatic nitrogens is 1. The van der Waals surface area contributed by atoms with Crippen LogP contribution in [0.15, 0.2) is 5.51 Å². The number of hydrogen-bond donors (Lipinski definition) is 1. The highest BCUT2D eigenvalue weighted by Crippen LogP contribution is 2.36. The molecule has 112 valence electrons. The van der Waals surface area contributed by atoms with E-state index in [9.17, 15) is 9.90 Å². The lowest BCUT2D eigenvalue weighted by molar-refractivity contribution is -0.152. The number of hydrogen-bond acceptors (Lipinski definition) is 4. The van der Waals surface area contributed by atoms with Crippen molar-refractivity contribution in [3.05, 3.63) is 16.1 Å². The monoisotopic (exact) mass is 296 g/mol. The maximum Gasteiger partial charge on any atom is 0.309 e. The summed E-state index contributed by atoms with van der Waals surface area (Å²) >= 11 is 1.72. The van der Waals surface area contributed by atoms with E-state index in [1.54, 1.807) is 11.3 Å². The molecule has 0 atom stereocenters. The second-order valence-electron chi connectivity index (χ2n) is 5.79. The van der Waals surface area contributed by atoms with Crippen LogP contribution in [-0.4, -0.2) is 40.6 Å². The Kier molecular flexibility index (Phi) is 5.16. The van der Waals surface area contributed by atoms with Gasteiger partial charge in [-0.1, -0.05) is 13.3 Å². The summed E-state index contributed by atoms with van der Waals surface area (Å²) in [5, 5.41) is 9.50. The quantitative estimate of drug-likeness (QED) is 0.877. The standard InChI is InChI=1S/C15H24N2O2S/c1-3-5-15(14(18)19)6-9-17(10-7-15)8-4-13-12(2)16-11-20-13/h11H,3-10H2,1-2H3,(H,18,19). The Morgan fingerprint density at radius 3 is 2.70 bits per heavy atom. The molecule has 4 nitrogen and oxygen atoms in total. The molecule has 0 aromatic carbocycles. The van der Waals surface area contributed by atoms with Crippen LogP contribution in [0.5, 0.6) is 0 Å². The van der Waals surface area contributed by atoms with Crippen molar-refractivity contribution >= 4 is 17.3 Å². The van der Waals surface area contributed by atoms with Crippen LogP contribution >= 0.6 is 11.3 Å². The summed E-state index contributed by atoms with van der Waals surface area (Å²) in [4.78, 5) is 19.6. The maximum absolute atomic E-state index is 11.5. The van der Waals surface area contributed by atoms with Crippen molar-refractivity contribution in [2.24, 2.45) is 5.41 Å². The number of carbonyl (C=O) groups is 1. The minimum atomic E-state index is -0.600. The molecule has 1 aromatic heterocycles. The first-order chi connectivity index (χ1) is 9.57.